The molecule has 3 saturated heterocycles. The number of carbonyl (C=O) groups excluding carboxylic acids is 4. The van der Waals surface area contributed by atoms with Gasteiger partial charge < -0.3 is 29.8 Å². The van der Waals surface area contributed by atoms with Gasteiger partial charge in [0.25, 0.3) is 5.91 Å². The lowest BCUT2D eigenvalue weighted by molar-refractivity contribution is -0.148. The van der Waals surface area contributed by atoms with Crippen LogP contribution in [0, 0.1) is 0 Å². The van der Waals surface area contributed by atoms with Crippen molar-refractivity contribution in [3.05, 3.63) is 70.6 Å². The number of benzene rings is 2. The molecule has 3 aliphatic heterocycles. The van der Waals surface area contributed by atoms with Gasteiger partial charge in [-0.1, -0.05) is 43.3 Å². The molecule has 1 unspecified atom stereocenters. The second-order valence-corrected chi connectivity index (χ2v) is 15.9. The van der Waals surface area contributed by atoms with Crippen molar-refractivity contribution in [2.24, 2.45) is 0 Å². The zero-order chi connectivity index (χ0) is 35.1. The highest BCUT2D eigenvalue weighted by Crippen LogP contribution is 2.59. The van der Waals surface area contributed by atoms with Crippen molar-refractivity contribution < 1.29 is 42.3 Å². The van der Waals surface area contributed by atoms with Crippen LogP contribution in [0.4, 0.5) is 8.78 Å². The molecule has 0 saturated carbocycles. The minimum Gasteiger partial charge on any atom is -0.341 e. The lowest BCUT2D eigenvalue weighted by atomic mass is 9.96. The van der Waals surface area contributed by atoms with Crippen molar-refractivity contribution in [3.8, 4) is 0 Å². The number of hydrogen-bond donors (Lipinski definition) is 3. The van der Waals surface area contributed by atoms with Crippen molar-refractivity contribution in [2.75, 3.05) is 26.2 Å². The van der Waals surface area contributed by atoms with E-state index in [0.717, 1.165) is 41.9 Å². The van der Waals surface area contributed by atoms with E-state index in [1.165, 1.54) is 12.1 Å². The summed E-state index contributed by atoms with van der Waals surface area (Å²) in [5.41, 5.74) is -4.30. The number of rotatable bonds is 8. The Morgan fingerprint density at radius 2 is 1.71 bits per heavy atom. The molecule has 0 aliphatic carbocycles. The summed E-state index contributed by atoms with van der Waals surface area (Å²) in [6.45, 7) is 3.46. The van der Waals surface area contributed by atoms with Gasteiger partial charge >= 0.3 is 13.3 Å². The van der Waals surface area contributed by atoms with Crippen LogP contribution in [0.2, 0.25) is 0 Å². The minimum atomic E-state index is -5.80. The predicted molar refractivity (Wildman–Crippen MR) is 179 cm³/mol. The van der Waals surface area contributed by atoms with Gasteiger partial charge in [0.1, 0.15) is 12.1 Å². The minimum absolute atomic E-state index is 0.0831. The highest BCUT2D eigenvalue weighted by atomic mass is 32.1. The second kappa shape index (κ2) is 13.9. The molecular formula is C34H39F2N4O7PS. The van der Waals surface area contributed by atoms with E-state index in [4.69, 9.17) is 0 Å². The number of carbonyl (C=O) groups is 4. The average molecular weight is 717 g/mol. The van der Waals surface area contributed by atoms with Gasteiger partial charge in [-0.05, 0) is 67.2 Å². The lowest BCUT2D eigenvalue weighted by Gasteiger charge is -2.39. The number of nitrogens with zero attached hydrogens (tertiary/aromatic N) is 3. The Morgan fingerprint density at radius 3 is 2.41 bits per heavy atom. The number of halogens is 2. The van der Waals surface area contributed by atoms with Gasteiger partial charge in [0.15, 0.2) is 0 Å². The van der Waals surface area contributed by atoms with Crippen molar-refractivity contribution in [2.45, 2.75) is 75.2 Å². The van der Waals surface area contributed by atoms with E-state index < -0.39 is 42.7 Å². The van der Waals surface area contributed by atoms with E-state index in [-0.39, 0.29) is 47.0 Å². The fraction of sp³-hybridized carbons (Fsp3) is 0.471. The van der Waals surface area contributed by atoms with Crippen LogP contribution in [-0.4, -0.2) is 92.4 Å². The standard InChI is InChI=1S/C34H39F2N4O7PS/c1-21(22-7-3-2-4-8-22)17-30(41)39-16-13-25-10-11-27(33(44)38-14-5-6-15-38)40(25)32(43)26(20-39)37-31(42)29-19-23-18-24(9-12-28(23)49-29)34(35,36)48(45,46)47/h2-4,7-9,12,18-19,21,25-27H,5-6,10-11,13-17,20H2,1H3,(H,37,42)(H2,45,46,47)/t21-,25-,26?,27+/m1/s1. The smallest absolute Gasteiger partial charge is 0.341 e. The zero-order valence-electron chi connectivity index (χ0n) is 27.0. The van der Waals surface area contributed by atoms with Gasteiger partial charge in [-0.3, -0.25) is 23.7 Å². The third-order valence-electron chi connectivity index (χ3n) is 9.85. The highest BCUT2D eigenvalue weighted by molar-refractivity contribution is 7.52. The molecule has 2 aromatic carbocycles. The monoisotopic (exact) mass is 716 g/mol. The summed E-state index contributed by atoms with van der Waals surface area (Å²) in [7, 11) is -5.80. The number of thiophene rings is 1. The van der Waals surface area contributed by atoms with E-state index in [2.05, 4.69) is 5.32 Å². The lowest BCUT2D eigenvalue weighted by Crippen LogP contribution is -2.61. The normalized spacial score (nSPS) is 22.5. The molecule has 49 heavy (non-hydrogen) atoms. The first-order chi connectivity index (χ1) is 23.2. The average Bonchev–Trinajstić information content (AvgIpc) is 3.84. The summed E-state index contributed by atoms with van der Waals surface area (Å²) < 4.78 is 40.7. The molecular weight excluding hydrogens is 677 g/mol. The molecule has 3 aliphatic rings. The molecule has 0 radical (unpaired) electrons. The van der Waals surface area contributed by atoms with Gasteiger partial charge in [0, 0.05) is 48.9 Å². The number of likely N-dealkylation sites (tertiary alicyclic amines) is 1. The first-order valence-electron chi connectivity index (χ1n) is 16.5. The Balaban J connectivity index is 1.27. The molecule has 262 valence electrons. The maximum absolute atomic E-state index is 14.4. The topological polar surface area (TPSA) is 148 Å². The molecule has 3 aromatic rings. The van der Waals surface area contributed by atoms with Gasteiger partial charge in [-0.15, -0.1) is 11.3 Å². The third-order valence-corrected chi connectivity index (χ3v) is 12.0. The van der Waals surface area contributed by atoms with Crippen molar-refractivity contribution in [3.63, 3.8) is 0 Å². The molecule has 4 atom stereocenters. The SMILES string of the molecule is C[C@H](CC(=O)N1CC[C@H]2CC[C@@H](C(=O)N3CCCC3)N2C(=O)C(NC(=O)c2cc3cc(C(F)(F)P(=O)(O)O)ccc3s2)C1)c1ccccc1. The second-order valence-electron chi connectivity index (χ2n) is 13.1. The number of amides is 4. The number of alkyl halides is 2. The number of fused-ring (bicyclic) bond motifs is 2. The summed E-state index contributed by atoms with van der Waals surface area (Å²) in [6.07, 6.45) is 3.59. The van der Waals surface area contributed by atoms with Crippen molar-refractivity contribution >= 4 is 52.6 Å². The van der Waals surface area contributed by atoms with Gasteiger partial charge in [-0.2, -0.15) is 8.78 Å². The molecule has 3 N–H and O–H groups in total. The van der Waals surface area contributed by atoms with E-state index in [1.54, 1.807) is 14.7 Å². The molecule has 4 amide bonds. The van der Waals surface area contributed by atoms with Crippen LogP contribution in [0.5, 0.6) is 0 Å². The van der Waals surface area contributed by atoms with Crippen molar-refractivity contribution in [1.29, 1.82) is 0 Å². The molecule has 11 nitrogen and oxygen atoms in total. The molecule has 0 spiro atoms. The van der Waals surface area contributed by atoms with Crippen LogP contribution < -0.4 is 5.32 Å². The molecule has 15 heteroatoms. The van der Waals surface area contributed by atoms with Crippen LogP contribution in [0.1, 0.15) is 72.2 Å². The van der Waals surface area contributed by atoms with Crippen LogP contribution in [0.3, 0.4) is 0 Å². The van der Waals surface area contributed by atoms with Crippen LogP contribution in [0.15, 0.2) is 54.6 Å². The molecule has 1 aromatic heterocycles. The Kier molecular flexibility index (Phi) is 9.96. The Labute approximate surface area is 286 Å². The third kappa shape index (κ3) is 7.15. The molecule has 3 fully saturated rings. The van der Waals surface area contributed by atoms with Gasteiger partial charge in [0.2, 0.25) is 17.7 Å². The summed E-state index contributed by atoms with van der Waals surface area (Å²) >= 11 is 0.969. The van der Waals surface area contributed by atoms with Crippen molar-refractivity contribution in [1.82, 2.24) is 20.0 Å². The van der Waals surface area contributed by atoms with E-state index >= 15 is 0 Å². The maximum atomic E-state index is 14.4. The number of hydrogen-bond acceptors (Lipinski definition) is 6. The summed E-state index contributed by atoms with van der Waals surface area (Å²) in [5, 5.41) is 2.96. The van der Waals surface area contributed by atoms with Gasteiger partial charge in [0.05, 0.1) is 4.88 Å². The van der Waals surface area contributed by atoms with E-state index in [9.17, 15) is 42.3 Å². The molecule has 6 rings (SSSR count). The largest absolute Gasteiger partial charge is 0.399 e. The maximum Gasteiger partial charge on any atom is 0.399 e. The quantitative estimate of drug-likeness (QED) is 0.288. The summed E-state index contributed by atoms with van der Waals surface area (Å²) in [5.74, 6) is -1.48. The van der Waals surface area contributed by atoms with Crippen LogP contribution in [0.25, 0.3) is 10.1 Å². The summed E-state index contributed by atoms with van der Waals surface area (Å²) in [6, 6.07) is 11.9. The predicted octanol–water partition coefficient (Wildman–Crippen LogP) is 4.63. The molecule has 4 heterocycles. The first-order valence-corrected chi connectivity index (χ1v) is 18.9. The van der Waals surface area contributed by atoms with Gasteiger partial charge in [-0.25, -0.2) is 0 Å². The fourth-order valence-corrected chi connectivity index (χ4v) is 8.55. The van der Waals surface area contributed by atoms with Crippen LogP contribution in [-0.2, 0) is 24.6 Å². The molecule has 0 bridgehead atoms. The van der Waals surface area contributed by atoms with E-state index in [1.807, 2.05) is 37.3 Å². The Hall–Kier alpha value is -3.71. The van der Waals surface area contributed by atoms with E-state index in [0.29, 0.717) is 43.6 Å². The highest BCUT2D eigenvalue weighted by Gasteiger charge is 2.50. The van der Waals surface area contributed by atoms with Crippen LogP contribution >= 0.6 is 18.9 Å². The first kappa shape index (κ1) is 35.1. The Morgan fingerprint density at radius 1 is 1.00 bits per heavy atom. The fourth-order valence-electron chi connectivity index (χ4n) is 7.13. The number of nitrogens with one attached hydrogen (secondary N) is 1. The summed E-state index contributed by atoms with van der Waals surface area (Å²) in [4.78, 5) is 78.8. The zero-order valence-corrected chi connectivity index (χ0v) is 28.7. The Bertz CT molecular complexity index is 1800.